The van der Waals surface area contributed by atoms with Gasteiger partial charge in [0.05, 0.1) is 0 Å². The van der Waals surface area contributed by atoms with E-state index in [0.29, 0.717) is 6.54 Å². The van der Waals surface area contributed by atoms with Gasteiger partial charge < -0.3 is 10.4 Å². The molecule has 0 aromatic heterocycles. The summed E-state index contributed by atoms with van der Waals surface area (Å²) in [5.74, 6) is -0.851. The van der Waals surface area contributed by atoms with E-state index in [1.54, 1.807) is 6.07 Å². The van der Waals surface area contributed by atoms with Gasteiger partial charge in [-0.2, -0.15) is 11.8 Å². The molecule has 0 heterocycles. The van der Waals surface area contributed by atoms with Crippen LogP contribution < -0.4 is 5.32 Å². The molecular formula is C14H22FNOS. The van der Waals surface area contributed by atoms with Crippen molar-refractivity contribution in [1.29, 1.82) is 0 Å². The van der Waals surface area contributed by atoms with E-state index in [0.717, 1.165) is 24.9 Å². The predicted octanol–water partition coefficient (Wildman–Crippen LogP) is 3.54. The Morgan fingerprint density at radius 2 is 2.00 bits per heavy atom. The smallest absolute Gasteiger partial charge is 0.165 e. The molecule has 0 saturated carbocycles. The van der Waals surface area contributed by atoms with Gasteiger partial charge in [0.15, 0.2) is 11.6 Å². The molecule has 1 rings (SSSR count). The SMILES string of the molecule is CCC(CC)(CNCc1ccc(O)c(F)c1)SC. The third kappa shape index (κ3) is 3.89. The molecule has 2 nitrogen and oxygen atoms in total. The molecule has 4 heteroatoms. The maximum atomic E-state index is 13.2. The van der Waals surface area contributed by atoms with Crippen LogP contribution in [0.3, 0.4) is 0 Å². The van der Waals surface area contributed by atoms with Crippen LogP contribution in [0, 0.1) is 5.82 Å². The first-order valence-electron chi connectivity index (χ1n) is 6.30. The molecule has 0 fully saturated rings. The van der Waals surface area contributed by atoms with Crippen LogP contribution >= 0.6 is 11.8 Å². The molecule has 0 amide bonds. The van der Waals surface area contributed by atoms with E-state index >= 15 is 0 Å². The Morgan fingerprint density at radius 1 is 1.33 bits per heavy atom. The number of hydrogen-bond donors (Lipinski definition) is 2. The van der Waals surface area contributed by atoms with Crippen LogP contribution in [0.2, 0.25) is 0 Å². The van der Waals surface area contributed by atoms with Gasteiger partial charge in [0.2, 0.25) is 0 Å². The first kappa shape index (κ1) is 15.3. The van der Waals surface area contributed by atoms with E-state index < -0.39 is 5.82 Å². The van der Waals surface area contributed by atoms with Crippen molar-refractivity contribution < 1.29 is 9.50 Å². The average Bonchev–Trinajstić information content (AvgIpc) is 2.39. The molecule has 2 N–H and O–H groups in total. The number of halogens is 1. The maximum absolute atomic E-state index is 13.2. The summed E-state index contributed by atoms with van der Waals surface area (Å²) in [5.41, 5.74) is 0.854. The van der Waals surface area contributed by atoms with Crippen molar-refractivity contribution in [3.63, 3.8) is 0 Å². The zero-order chi connectivity index (χ0) is 13.6. The summed E-state index contributed by atoms with van der Waals surface area (Å²) in [6.45, 7) is 5.92. The quantitative estimate of drug-likeness (QED) is 0.795. The lowest BCUT2D eigenvalue weighted by Gasteiger charge is -2.30. The third-order valence-corrected chi connectivity index (χ3v) is 5.10. The van der Waals surface area contributed by atoms with Gasteiger partial charge in [0.1, 0.15) is 0 Å². The Bertz CT molecular complexity index is 372. The fourth-order valence-electron chi connectivity index (χ4n) is 1.96. The third-order valence-electron chi connectivity index (χ3n) is 3.51. The lowest BCUT2D eigenvalue weighted by molar-refractivity contribution is 0.431. The Kier molecular flexibility index (Phi) is 5.96. The number of aromatic hydroxyl groups is 1. The molecular weight excluding hydrogens is 249 g/mol. The van der Waals surface area contributed by atoms with Crippen molar-refractivity contribution in [2.75, 3.05) is 12.8 Å². The van der Waals surface area contributed by atoms with Gasteiger partial charge in [-0.1, -0.05) is 19.9 Å². The average molecular weight is 271 g/mol. The van der Waals surface area contributed by atoms with Crippen LogP contribution in [0.1, 0.15) is 32.3 Å². The van der Waals surface area contributed by atoms with E-state index in [1.807, 2.05) is 11.8 Å². The monoisotopic (exact) mass is 271 g/mol. The summed E-state index contributed by atoms with van der Waals surface area (Å²) in [6.07, 6.45) is 4.36. The van der Waals surface area contributed by atoms with E-state index in [1.165, 1.54) is 12.1 Å². The molecule has 0 radical (unpaired) electrons. The Hall–Kier alpha value is -0.740. The molecule has 0 bridgehead atoms. The number of hydrogen-bond acceptors (Lipinski definition) is 3. The standard InChI is InChI=1S/C14H22FNOS/c1-4-14(5-2,18-3)10-16-9-11-6-7-13(17)12(15)8-11/h6-8,16-17H,4-5,9-10H2,1-3H3. The van der Waals surface area contributed by atoms with Crippen molar-refractivity contribution in [2.45, 2.75) is 38.0 Å². The highest BCUT2D eigenvalue weighted by Gasteiger charge is 2.23. The van der Waals surface area contributed by atoms with Crippen molar-refractivity contribution in [3.05, 3.63) is 29.6 Å². The van der Waals surface area contributed by atoms with E-state index in [4.69, 9.17) is 5.11 Å². The predicted molar refractivity (Wildman–Crippen MR) is 76.6 cm³/mol. The fourth-order valence-corrected chi connectivity index (χ4v) is 2.78. The molecule has 0 unspecified atom stereocenters. The van der Waals surface area contributed by atoms with Crippen molar-refractivity contribution >= 4 is 11.8 Å². The first-order valence-corrected chi connectivity index (χ1v) is 7.52. The van der Waals surface area contributed by atoms with Gasteiger partial charge in [-0.25, -0.2) is 4.39 Å². The molecule has 0 spiro atoms. The number of thioether (sulfide) groups is 1. The molecule has 1 aromatic carbocycles. The molecule has 0 saturated heterocycles. The minimum absolute atomic E-state index is 0.259. The summed E-state index contributed by atoms with van der Waals surface area (Å²) in [5, 5.41) is 12.5. The summed E-state index contributed by atoms with van der Waals surface area (Å²) in [4.78, 5) is 0. The second-order valence-electron chi connectivity index (χ2n) is 4.48. The normalized spacial score (nSPS) is 11.8. The van der Waals surface area contributed by atoms with E-state index in [2.05, 4.69) is 25.4 Å². The van der Waals surface area contributed by atoms with Crippen LogP contribution in [0.5, 0.6) is 5.75 Å². The molecule has 0 aliphatic rings. The molecule has 0 atom stereocenters. The summed E-state index contributed by atoms with van der Waals surface area (Å²) >= 11 is 1.88. The van der Waals surface area contributed by atoms with Gasteiger partial charge in [-0.3, -0.25) is 0 Å². The topological polar surface area (TPSA) is 32.3 Å². The summed E-state index contributed by atoms with van der Waals surface area (Å²) in [7, 11) is 0. The zero-order valence-electron chi connectivity index (χ0n) is 11.3. The van der Waals surface area contributed by atoms with Gasteiger partial charge in [-0.15, -0.1) is 0 Å². The van der Waals surface area contributed by atoms with Crippen LogP contribution in [0.15, 0.2) is 18.2 Å². The number of phenolic OH excluding ortho intramolecular Hbond substituents is 1. The molecule has 102 valence electrons. The highest BCUT2D eigenvalue weighted by atomic mass is 32.2. The van der Waals surface area contributed by atoms with Crippen molar-refractivity contribution in [1.82, 2.24) is 5.32 Å². The van der Waals surface area contributed by atoms with Crippen LogP contribution in [-0.4, -0.2) is 22.7 Å². The number of phenols is 1. The van der Waals surface area contributed by atoms with Gasteiger partial charge >= 0.3 is 0 Å². The van der Waals surface area contributed by atoms with Gasteiger partial charge in [0.25, 0.3) is 0 Å². The van der Waals surface area contributed by atoms with E-state index in [-0.39, 0.29) is 10.5 Å². The lowest BCUT2D eigenvalue weighted by atomic mass is 10.0. The molecule has 0 aliphatic carbocycles. The highest BCUT2D eigenvalue weighted by Crippen LogP contribution is 2.29. The first-order chi connectivity index (χ1) is 8.56. The van der Waals surface area contributed by atoms with Crippen molar-refractivity contribution in [3.8, 4) is 5.75 Å². The minimum Gasteiger partial charge on any atom is -0.505 e. The van der Waals surface area contributed by atoms with Crippen LogP contribution in [-0.2, 0) is 6.54 Å². The van der Waals surface area contributed by atoms with Gasteiger partial charge in [0, 0.05) is 17.8 Å². The van der Waals surface area contributed by atoms with Crippen molar-refractivity contribution in [2.24, 2.45) is 0 Å². The summed E-state index contributed by atoms with van der Waals surface area (Å²) in [6, 6.07) is 4.51. The minimum atomic E-state index is -0.559. The van der Waals surface area contributed by atoms with Crippen LogP contribution in [0.25, 0.3) is 0 Å². The highest BCUT2D eigenvalue weighted by molar-refractivity contribution is 8.00. The molecule has 0 aliphatic heterocycles. The second-order valence-corrected chi connectivity index (χ2v) is 5.76. The Morgan fingerprint density at radius 3 is 2.50 bits per heavy atom. The zero-order valence-corrected chi connectivity index (χ0v) is 12.1. The maximum Gasteiger partial charge on any atom is 0.165 e. The fraction of sp³-hybridized carbons (Fsp3) is 0.571. The number of benzene rings is 1. The molecule has 18 heavy (non-hydrogen) atoms. The van der Waals surface area contributed by atoms with E-state index in [9.17, 15) is 4.39 Å². The largest absolute Gasteiger partial charge is 0.505 e. The number of rotatable bonds is 7. The number of nitrogens with one attached hydrogen (secondary N) is 1. The molecule has 1 aromatic rings. The van der Waals surface area contributed by atoms with Crippen LogP contribution in [0.4, 0.5) is 4.39 Å². The Balaban J connectivity index is 2.52. The lowest BCUT2D eigenvalue weighted by Crippen LogP contribution is -2.36. The summed E-state index contributed by atoms with van der Waals surface area (Å²) < 4.78 is 13.4. The Labute approximate surface area is 113 Å². The second kappa shape index (κ2) is 7.00. The van der Waals surface area contributed by atoms with Gasteiger partial charge in [-0.05, 0) is 36.8 Å².